The van der Waals surface area contributed by atoms with E-state index in [1.807, 2.05) is 48.5 Å². The second-order valence-corrected chi connectivity index (χ2v) is 12.4. The Balaban J connectivity index is 1.04. The van der Waals surface area contributed by atoms with E-state index in [2.05, 4.69) is 144 Å². The Morgan fingerprint density at radius 2 is 0.627 bits per heavy atom. The summed E-state index contributed by atoms with van der Waals surface area (Å²) in [7, 11) is 0. The lowest BCUT2D eigenvalue weighted by molar-refractivity contribution is 1.07. The second kappa shape index (κ2) is 13.1. The summed E-state index contributed by atoms with van der Waals surface area (Å²) in [5.74, 6) is 2.83. The molecule has 51 heavy (non-hydrogen) atoms. The number of hydrogen-bond donors (Lipinski definition) is 0. The molecule has 0 aliphatic heterocycles. The van der Waals surface area contributed by atoms with Crippen LogP contribution >= 0.6 is 0 Å². The van der Waals surface area contributed by atoms with Crippen LogP contribution in [0.2, 0.25) is 0 Å². The quantitative estimate of drug-likeness (QED) is 0.172. The SMILES string of the molecule is c1ccc(-c2ccc(-c3nc(-c4ccccc4)nc(-c4ccc(-c5ccc(-c6nc7ccccc7n6-c6ccccc6)cc5)cc4)n3)cc2)cc1. The first kappa shape index (κ1) is 30.1. The number of benzene rings is 7. The zero-order valence-corrected chi connectivity index (χ0v) is 27.6. The van der Waals surface area contributed by atoms with Gasteiger partial charge in [-0.2, -0.15) is 0 Å². The molecule has 0 unspecified atom stereocenters. The van der Waals surface area contributed by atoms with Crippen molar-refractivity contribution in [3.63, 3.8) is 0 Å². The van der Waals surface area contributed by atoms with Gasteiger partial charge in [0, 0.05) is 27.9 Å². The zero-order chi connectivity index (χ0) is 34.0. The average Bonchev–Trinajstić information content (AvgIpc) is 3.62. The summed E-state index contributed by atoms with van der Waals surface area (Å²) in [5, 5.41) is 0. The van der Waals surface area contributed by atoms with Gasteiger partial charge in [-0.05, 0) is 46.5 Å². The Bertz CT molecular complexity index is 2580. The Morgan fingerprint density at radius 1 is 0.275 bits per heavy atom. The molecule has 0 spiro atoms. The van der Waals surface area contributed by atoms with E-state index in [1.165, 1.54) is 5.56 Å². The molecule has 0 aliphatic carbocycles. The number of para-hydroxylation sites is 3. The van der Waals surface area contributed by atoms with Crippen LogP contribution in [0.4, 0.5) is 0 Å². The first-order valence-corrected chi connectivity index (χ1v) is 17.0. The lowest BCUT2D eigenvalue weighted by Gasteiger charge is -2.11. The van der Waals surface area contributed by atoms with E-state index in [1.54, 1.807) is 0 Å². The molecule has 9 rings (SSSR count). The smallest absolute Gasteiger partial charge is 0.164 e. The van der Waals surface area contributed by atoms with Gasteiger partial charge < -0.3 is 0 Å². The summed E-state index contributed by atoms with van der Waals surface area (Å²) >= 11 is 0. The van der Waals surface area contributed by atoms with Crippen molar-refractivity contribution in [1.29, 1.82) is 0 Å². The van der Waals surface area contributed by atoms with Gasteiger partial charge in [-0.15, -0.1) is 0 Å². The number of rotatable bonds is 7. The van der Waals surface area contributed by atoms with E-state index in [0.29, 0.717) is 17.5 Å². The van der Waals surface area contributed by atoms with Crippen molar-refractivity contribution in [2.24, 2.45) is 0 Å². The molecule has 7 aromatic carbocycles. The standard InChI is InChI=1S/C46H31N5/c1-4-12-32(13-5-1)33-20-26-37(27-21-33)44-48-43(36-14-6-2-7-15-36)49-45(50-44)38-28-22-34(23-29-38)35-24-30-39(31-25-35)46-47-41-18-10-11-19-42(41)51(46)40-16-8-3-9-17-40/h1-31H. The lowest BCUT2D eigenvalue weighted by atomic mass is 10.0. The maximum absolute atomic E-state index is 5.03. The molecule has 0 amide bonds. The van der Waals surface area contributed by atoms with Gasteiger partial charge in [0.05, 0.1) is 11.0 Å². The summed E-state index contributed by atoms with van der Waals surface area (Å²) < 4.78 is 2.23. The number of imidazole rings is 1. The first-order valence-electron chi connectivity index (χ1n) is 17.0. The molecule has 0 atom stereocenters. The van der Waals surface area contributed by atoms with Crippen LogP contribution in [0.3, 0.4) is 0 Å². The highest BCUT2D eigenvalue weighted by molar-refractivity contribution is 5.84. The summed E-state index contributed by atoms with van der Waals surface area (Å²) in [6.07, 6.45) is 0. The summed E-state index contributed by atoms with van der Waals surface area (Å²) in [5.41, 5.74) is 11.5. The van der Waals surface area contributed by atoms with Gasteiger partial charge in [0.15, 0.2) is 17.5 Å². The van der Waals surface area contributed by atoms with E-state index in [9.17, 15) is 0 Å². The third-order valence-electron chi connectivity index (χ3n) is 9.11. The molecule has 240 valence electrons. The minimum Gasteiger partial charge on any atom is -0.292 e. The van der Waals surface area contributed by atoms with Crippen LogP contribution in [0.15, 0.2) is 188 Å². The normalized spacial score (nSPS) is 11.1. The van der Waals surface area contributed by atoms with Gasteiger partial charge in [-0.25, -0.2) is 19.9 Å². The van der Waals surface area contributed by atoms with Crippen molar-refractivity contribution < 1.29 is 0 Å². The van der Waals surface area contributed by atoms with E-state index in [-0.39, 0.29) is 0 Å². The van der Waals surface area contributed by atoms with Crippen LogP contribution < -0.4 is 0 Å². The van der Waals surface area contributed by atoms with Crippen LogP contribution in [0.5, 0.6) is 0 Å². The molecule has 5 heteroatoms. The molecule has 2 aromatic heterocycles. The summed E-state index contributed by atoms with van der Waals surface area (Å²) in [4.78, 5) is 19.8. The molecule has 0 saturated heterocycles. The molecule has 2 heterocycles. The van der Waals surface area contributed by atoms with Crippen LogP contribution in [-0.2, 0) is 0 Å². The van der Waals surface area contributed by atoms with Crippen molar-refractivity contribution in [3.05, 3.63) is 188 Å². The zero-order valence-electron chi connectivity index (χ0n) is 27.6. The van der Waals surface area contributed by atoms with Crippen LogP contribution in [0.25, 0.3) is 84.5 Å². The Hall–Kier alpha value is -6.98. The van der Waals surface area contributed by atoms with Crippen molar-refractivity contribution in [1.82, 2.24) is 24.5 Å². The number of aromatic nitrogens is 5. The molecular formula is C46H31N5. The maximum atomic E-state index is 5.03. The van der Waals surface area contributed by atoms with E-state index >= 15 is 0 Å². The van der Waals surface area contributed by atoms with Crippen molar-refractivity contribution in [2.75, 3.05) is 0 Å². The minimum atomic E-state index is 0.632. The lowest BCUT2D eigenvalue weighted by Crippen LogP contribution is -2.00. The van der Waals surface area contributed by atoms with Gasteiger partial charge in [0.2, 0.25) is 0 Å². The molecule has 9 aromatic rings. The summed E-state index contributed by atoms with van der Waals surface area (Å²) in [6, 6.07) is 64.6. The topological polar surface area (TPSA) is 56.5 Å². The van der Waals surface area contributed by atoms with Crippen LogP contribution in [0.1, 0.15) is 0 Å². The number of hydrogen-bond acceptors (Lipinski definition) is 4. The predicted octanol–water partition coefficient (Wildman–Crippen LogP) is 11.2. The molecule has 0 aliphatic rings. The summed E-state index contributed by atoms with van der Waals surface area (Å²) in [6.45, 7) is 0. The monoisotopic (exact) mass is 653 g/mol. The van der Waals surface area contributed by atoms with Gasteiger partial charge in [-0.1, -0.05) is 164 Å². The van der Waals surface area contributed by atoms with Gasteiger partial charge in [0.1, 0.15) is 5.82 Å². The fourth-order valence-corrected chi connectivity index (χ4v) is 6.47. The largest absolute Gasteiger partial charge is 0.292 e. The molecule has 0 radical (unpaired) electrons. The molecule has 0 bridgehead atoms. The Morgan fingerprint density at radius 3 is 1.14 bits per heavy atom. The third-order valence-corrected chi connectivity index (χ3v) is 9.11. The van der Waals surface area contributed by atoms with Crippen molar-refractivity contribution in [2.45, 2.75) is 0 Å². The highest BCUT2D eigenvalue weighted by atomic mass is 15.1. The Labute approximate surface area is 296 Å². The van der Waals surface area contributed by atoms with Crippen molar-refractivity contribution >= 4 is 11.0 Å². The molecule has 5 nitrogen and oxygen atoms in total. The van der Waals surface area contributed by atoms with Crippen LogP contribution in [0, 0.1) is 0 Å². The third kappa shape index (κ3) is 5.98. The van der Waals surface area contributed by atoms with E-state index < -0.39 is 0 Å². The van der Waals surface area contributed by atoms with Gasteiger partial charge >= 0.3 is 0 Å². The van der Waals surface area contributed by atoms with E-state index in [0.717, 1.165) is 61.5 Å². The minimum absolute atomic E-state index is 0.632. The Kier molecular flexibility index (Phi) is 7.76. The first-order chi connectivity index (χ1) is 25.3. The second-order valence-electron chi connectivity index (χ2n) is 12.4. The fraction of sp³-hybridized carbons (Fsp3) is 0. The molecule has 0 saturated carbocycles. The highest BCUT2D eigenvalue weighted by Crippen LogP contribution is 2.32. The molecule has 0 N–H and O–H groups in total. The number of nitrogens with zero attached hydrogens (tertiary/aromatic N) is 5. The molecule has 0 fully saturated rings. The van der Waals surface area contributed by atoms with Gasteiger partial charge in [0.25, 0.3) is 0 Å². The predicted molar refractivity (Wildman–Crippen MR) is 207 cm³/mol. The number of fused-ring (bicyclic) bond motifs is 1. The van der Waals surface area contributed by atoms with E-state index in [4.69, 9.17) is 19.9 Å². The fourth-order valence-electron chi connectivity index (χ4n) is 6.47. The highest BCUT2D eigenvalue weighted by Gasteiger charge is 2.15. The van der Waals surface area contributed by atoms with Gasteiger partial charge in [-0.3, -0.25) is 4.57 Å². The maximum Gasteiger partial charge on any atom is 0.164 e. The molecular weight excluding hydrogens is 623 g/mol. The van der Waals surface area contributed by atoms with Crippen molar-refractivity contribution in [3.8, 4) is 73.5 Å². The van der Waals surface area contributed by atoms with Crippen LogP contribution in [-0.4, -0.2) is 24.5 Å². The average molecular weight is 654 g/mol.